The predicted molar refractivity (Wildman–Crippen MR) is 87.5 cm³/mol. The quantitative estimate of drug-likeness (QED) is 0.312. The highest BCUT2D eigenvalue weighted by Gasteiger charge is 2.93. The second kappa shape index (κ2) is 9.10. The number of hydrogen-bond acceptors (Lipinski definition) is 2. The zero-order chi connectivity index (χ0) is 28.1. The molecule has 0 saturated heterocycles. The van der Waals surface area contributed by atoms with Crippen LogP contribution in [0.25, 0.3) is 0 Å². The Balaban J connectivity index is 3.35. The molecular weight excluding hydrogens is 533 g/mol. The van der Waals surface area contributed by atoms with E-state index in [0.717, 1.165) is 24.3 Å². The van der Waals surface area contributed by atoms with Gasteiger partial charge >= 0.3 is 41.7 Å². The van der Waals surface area contributed by atoms with Crippen molar-refractivity contribution in [1.29, 1.82) is 0 Å². The van der Waals surface area contributed by atoms with E-state index in [9.17, 15) is 71.0 Å². The summed E-state index contributed by atoms with van der Waals surface area (Å²) in [6.07, 6.45) is -13.8. The van der Waals surface area contributed by atoms with E-state index in [2.05, 4.69) is 0 Å². The molecule has 0 aromatic heterocycles. The average Bonchev–Trinajstić information content (AvgIpc) is 2.66. The van der Waals surface area contributed by atoms with Crippen LogP contribution in [0, 0.1) is 0 Å². The van der Waals surface area contributed by atoms with Crippen molar-refractivity contribution >= 4 is 0 Å². The normalized spacial score (nSPS) is 16.0. The van der Waals surface area contributed by atoms with Crippen LogP contribution in [0.2, 0.25) is 0 Å². The lowest BCUT2D eigenvalue weighted by Crippen LogP contribution is -2.72. The van der Waals surface area contributed by atoms with Crippen LogP contribution >= 0.6 is 0 Å². The molecule has 0 bridgehead atoms. The van der Waals surface area contributed by atoms with Crippen LogP contribution in [-0.2, 0) is 0 Å². The number of hydrogen-bond donors (Lipinski definition) is 1. The fraction of sp³-hybridized carbons (Fsp3) is 0.667. The first-order valence-electron chi connectivity index (χ1n) is 9.06. The largest absolute Gasteiger partial charge is 0.491 e. The third-order valence-corrected chi connectivity index (χ3v) is 4.48. The first-order valence-corrected chi connectivity index (χ1v) is 9.06. The van der Waals surface area contributed by atoms with Crippen molar-refractivity contribution < 1.29 is 75.7 Å². The maximum absolute atomic E-state index is 13.9. The van der Waals surface area contributed by atoms with E-state index in [4.69, 9.17) is 4.74 Å². The molecule has 0 amide bonds. The molecular formula is C18H15F15O2. The summed E-state index contributed by atoms with van der Waals surface area (Å²) in [5, 5.41) is 9.65. The number of aliphatic hydroxyl groups excluding tert-OH is 1. The Morgan fingerprint density at radius 3 is 1.37 bits per heavy atom. The number of aliphatic hydroxyl groups is 1. The van der Waals surface area contributed by atoms with Crippen LogP contribution in [0.4, 0.5) is 65.9 Å². The van der Waals surface area contributed by atoms with Gasteiger partial charge in [0.05, 0.1) is 12.2 Å². The zero-order valence-corrected chi connectivity index (χ0v) is 17.2. The van der Waals surface area contributed by atoms with Crippen LogP contribution in [0.15, 0.2) is 24.3 Å². The summed E-state index contributed by atoms with van der Waals surface area (Å²) < 4.78 is 203. The topological polar surface area (TPSA) is 29.5 Å². The highest BCUT2D eigenvalue weighted by molar-refractivity contribution is 5.29. The van der Waals surface area contributed by atoms with E-state index in [0.29, 0.717) is 0 Å². The smallest absolute Gasteiger partial charge is 0.460 e. The third-order valence-electron chi connectivity index (χ3n) is 4.48. The Hall–Kier alpha value is -2.07. The molecule has 1 rings (SSSR count). The first kappa shape index (κ1) is 31.0. The summed E-state index contributed by atoms with van der Waals surface area (Å²) in [5.41, 5.74) is -0.708. The molecule has 0 spiro atoms. The lowest BCUT2D eigenvalue weighted by molar-refractivity contribution is -0.453. The van der Waals surface area contributed by atoms with Crippen molar-refractivity contribution in [2.75, 3.05) is 0 Å². The molecule has 1 atom stereocenters. The van der Waals surface area contributed by atoms with Gasteiger partial charge in [-0.2, -0.15) is 65.9 Å². The van der Waals surface area contributed by atoms with Gasteiger partial charge in [-0.25, -0.2) is 0 Å². The van der Waals surface area contributed by atoms with Gasteiger partial charge in [0.2, 0.25) is 0 Å². The molecule has 1 aromatic carbocycles. The van der Waals surface area contributed by atoms with Gasteiger partial charge in [0.15, 0.2) is 0 Å². The lowest BCUT2D eigenvalue weighted by Gasteiger charge is -2.41. The maximum atomic E-state index is 13.9. The molecule has 0 aliphatic heterocycles. The second-order valence-corrected chi connectivity index (χ2v) is 7.53. The second-order valence-electron chi connectivity index (χ2n) is 7.53. The third kappa shape index (κ3) is 5.09. The maximum Gasteiger partial charge on any atom is 0.460 e. The summed E-state index contributed by atoms with van der Waals surface area (Å²) in [4.78, 5) is 0. The molecule has 0 heterocycles. The van der Waals surface area contributed by atoms with E-state index >= 15 is 0 Å². The Bertz CT molecular complexity index is 860. The Labute approximate surface area is 186 Å². The van der Waals surface area contributed by atoms with Gasteiger partial charge in [-0.15, -0.1) is 0 Å². The zero-order valence-electron chi connectivity index (χ0n) is 17.2. The number of benzene rings is 1. The van der Waals surface area contributed by atoms with Gasteiger partial charge in [0.1, 0.15) is 5.75 Å². The van der Waals surface area contributed by atoms with E-state index in [-0.39, 0.29) is 5.75 Å². The molecule has 204 valence electrons. The highest BCUT2D eigenvalue weighted by atomic mass is 19.4. The van der Waals surface area contributed by atoms with E-state index < -0.39 is 65.9 Å². The number of halogens is 15. The van der Waals surface area contributed by atoms with Crippen molar-refractivity contribution in [2.24, 2.45) is 0 Å². The monoisotopic (exact) mass is 548 g/mol. The SMILES string of the molecule is CC(C)Oc1ccc(C(O)CC(F)(F)C(F)(F)C(F)(F)C(F)(F)C(F)(F)C(F)(F)C(F)(F)F)cc1. The summed E-state index contributed by atoms with van der Waals surface area (Å²) in [6, 6.07) is 3.47. The van der Waals surface area contributed by atoms with E-state index in [1.165, 1.54) is 0 Å². The molecule has 0 saturated carbocycles. The Morgan fingerprint density at radius 2 is 1.00 bits per heavy atom. The minimum absolute atomic E-state index is 0.0482. The van der Waals surface area contributed by atoms with Crippen molar-refractivity contribution in [2.45, 2.75) is 74.2 Å². The highest BCUT2D eigenvalue weighted by Crippen LogP contribution is 2.63. The molecule has 17 heteroatoms. The van der Waals surface area contributed by atoms with Crippen molar-refractivity contribution in [3.8, 4) is 5.75 Å². The summed E-state index contributed by atoms with van der Waals surface area (Å²) >= 11 is 0. The number of ether oxygens (including phenoxy) is 1. The molecule has 0 aliphatic rings. The van der Waals surface area contributed by atoms with Crippen LogP contribution in [0.1, 0.15) is 31.9 Å². The Morgan fingerprint density at radius 1 is 0.629 bits per heavy atom. The predicted octanol–water partition coefficient (Wildman–Crippen LogP) is 7.27. The van der Waals surface area contributed by atoms with E-state index in [1.807, 2.05) is 0 Å². The molecule has 0 fully saturated rings. The van der Waals surface area contributed by atoms with Crippen LogP contribution in [0.3, 0.4) is 0 Å². The van der Waals surface area contributed by atoms with Crippen LogP contribution in [-0.4, -0.2) is 52.9 Å². The van der Waals surface area contributed by atoms with E-state index in [1.54, 1.807) is 13.8 Å². The van der Waals surface area contributed by atoms with Crippen LogP contribution < -0.4 is 4.74 Å². The fourth-order valence-corrected chi connectivity index (χ4v) is 2.53. The van der Waals surface area contributed by atoms with Crippen molar-refractivity contribution in [3.63, 3.8) is 0 Å². The number of rotatable bonds is 10. The van der Waals surface area contributed by atoms with Crippen molar-refractivity contribution in [3.05, 3.63) is 29.8 Å². The van der Waals surface area contributed by atoms with Gasteiger partial charge in [-0.3, -0.25) is 0 Å². The molecule has 0 radical (unpaired) electrons. The average molecular weight is 548 g/mol. The van der Waals surface area contributed by atoms with Crippen molar-refractivity contribution in [1.82, 2.24) is 0 Å². The number of alkyl halides is 15. The fourth-order valence-electron chi connectivity index (χ4n) is 2.53. The molecule has 0 aliphatic carbocycles. The molecule has 1 N–H and O–H groups in total. The van der Waals surface area contributed by atoms with Gasteiger partial charge in [0, 0.05) is 6.42 Å². The lowest BCUT2D eigenvalue weighted by atomic mass is 9.88. The first-order chi connectivity index (χ1) is 15.3. The minimum atomic E-state index is -8.35. The van der Waals surface area contributed by atoms with Gasteiger partial charge in [-0.05, 0) is 31.5 Å². The van der Waals surface area contributed by atoms with Gasteiger partial charge < -0.3 is 9.84 Å². The Kier molecular flexibility index (Phi) is 8.05. The summed E-state index contributed by atoms with van der Waals surface area (Å²) in [6.45, 7) is 3.10. The molecule has 1 unspecified atom stereocenters. The molecule has 35 heavy (non-hydrogen) atoms. The summed E-state index contributed by atoms with van der Waals surface area (Å²) in [7, 11) is 0. The molecule has 1 aromatic rings. The minimum Gasteiger partial charge on any atom is -0.491 e. The standard InChI is InChI=1S/C18H15F15O2/c1-8(2)35-10-5-3-9(4-6-10)11(34)7-12(19,20)13(21,22)14(23,24)15(25,26)16(27,28)17(29,30)18(31,32)33/h3-6,8,11,34H,7H2,1-2H3. The summed E-state index contributed by atoms with van der Waals surface area (Å²) in [5.74, 6) is -47.0. The van der Waals surface area contributed by atoms with Gasteiger partial charge in [0.25, 0.3) is 0 Å². The van der Waals surface area contributed by atoms with Crippen LogP contribution in [0.5, 0.6) is 5.75 Å². The van der Waals surface area contributed by atoms with Gasteiger partial charge in [-0.1, -0.05) is 12.1 Å². The molecule has 2 nitrogen and oxygen atoms in total.